The summed E-state index contributed by atoms with van der Waals surface area (Å²) in [5, 5.41) is 18.3. The van der Waals surface area contributed by atoms with Crippen molar-refractivity contribution < 1.29 is 4.92 Å². The van der Waals surface area contributed by atoms with E-state index in [0.29, 0.717) is 5.69 Å². The van der Waals surface area contributed by atoms with E-state index < -0.39 is 4.92 Å². The summed E-state index contributed by atoms with van der Waals surface area (Å²) in [6, 6.07) is 6.31. The molecular weight excluding hydrogens is 184 g/mol. The van der Waals surface area contributed by atoms with Gasteiger partial charge in [0.15, 0.2) is 5.69 Å². The van der Waals surface area contributed by atoms with E-state index in [4.69, 9.17) is 0 Å². The van der Waals surface area contributed by atoms with Crippen LogP contribution in [0.5, 0.6) is 0 Å². The molecule has 70 valence electrons. The van der Waals surface area contributed by atoms with Crippen molar-refractivity contribution in [3.8, 4) is 5.69 Å². The first-order valence-electron chi connectivity index (χ1n) is 3.89. The second-order valence-electron chi connectivity index (χ2n) is 2.56. The minimum Gasteiger partial charge on any atom is -0.258 e. The van der Waals surface area contributed by atoms with Crippen molar-refractivity contribution in [2.45, 2.75) is 0 Å². The summed E-state index contributed by atoms with van der Waals surface area (Å²) in [5.41, 5.74) is 0.353. The van der Waals surface area contributed by atoms with Gasteiger partial charge in [-0.25, -0.2) is 0 Å². The molecule has 0 amide bonds. The lowest BCUT2D eigenvalue weighted by Gasteiger charge is -1.99. The fourth-order valence-corrected chi connectivity index (χ4v) is 1.13. The molecular formula is C8H6N4O2. The molecule has 0 radical (unpaired) electrons. The van der Waals surface area contributed by atoms with Crippen LogP contribution in [0.25, 0.3) is 5.69 Å². The van der Waals surface area contributed by atoms with Crippen LogP contribution >= 0.6 is 0 Å². The number of rotatable bonds is 2. The Morgan fingerprint density at radius 2 is 1.86 bits per heavy atom. The molecule has 0 unspecified atom stereocenters. The molecule has 6 nitrogen and oxygen atoms in total. The van der Waals surface area contributed by atoms with Crippen molar-refractivity contribution in [1.29, 1.82) is 0 Å². The van der Waals surface area contributed by atoms with Gasteiger partial charge in [0.1, 0.15) is 0 Å². The zero-order valence-electron chi connectivity index (χ0n) is 7.07. The SMILES string of the molecule is O=[N+]([O-])c1ccccc1-n1nccn1. The molecule has 2 aromatic rings. The van der Waals surface area contributed by atoms with Gasteiger partial charge in [-0.05, 0) is 6.07 Å². The number of hydrogen-bond acceptors (Lipinski definition) is 4. The van der Waals surface area contributed by atoms with Gasteiger partial charge in [0.25, 0.3) is 5.69 Å². The molecule has 0 saturated carbocycles. The molecule has 0 aliphatic rings. The number of aromatic nitrogens is 3. The maximum Gasteiger partial charge on any atom is 0.296 e. The highest BCUT2D eigenvalue weighted by atomic mass is 16.6. The van der Waals surface area contributed by atoms with Crippen LogP contribution in [0.2, 0.25) is 0 Å². The van der Waals surface area contributed by atoms with E-state index in [1.807, 2.05) is 0 Å². The molecule has 0 spiro atoms. The predicted octanol–water partition coefficient (Wildman–Crippen LogP) is 1.18. The lowest BCUT2D eigenvalue weighted by Crippen LogP contribution is -2.02. The lowest BCUT2D eigenvalue weighted by atomic mass is 10.3. The Morgan fingerprint density at radius 3 is 2.50 bits per heavy atom. The minimum absolute atomic E-state index is 0.0105. The van der Waals surface area contributed by atoms with Gasteiger partial charge in [-0.15, -0.1) is 4.80 Å². The zero-order chi connectivity index (χ0) is 9.97. The topological polar surface area (TPSA) is 73.8 Å². The third kappa shape index (κ3) is 1.33. The van der Waals surface area contributed by atoms with Gasteiger partial charge >= 0.3 is 0 Å². The van der Waals surface area contributed by atoms with Gasteiger partial charge in [0, 0.05) is 6.07 Å². The quantitative estimate of drug-likeness (QED) is 0.526. The van der Waals surface area contributed by atoms with E-state index >= 15 is 0 Å². The molecule has 0 aliphatic heterocycles. The number of para-hydroxylation sites is 2. The summed E-state index contributed by atoms with van der Waals surface area (Å²) in [4.78, 5) is 11.4. The van der Waals surface area contributed by atoms with Crippen LogP contribution in [0.4, 0.5) is 5.69 Å². The van der Waals surface area contributed by atoms with E-state index in [-0.39, 0.29) is 5.69 Å². The van der Waals surface area contributed by atoms with Gasteiger partial charge in [-0.1, -0.05) is 12.1 Å². The molecule has 0 saturated heterocycles. The van der Waals surface area contributed by atoms with E-state index in [0.717, 1.165) is 0 Å². The minimum atomic E-state index is -0.460. The Kier molecular flexibility index (Phi) is 1.94. The van der Waals surface area contributed by atoms with Crippen molar-refractivity contribution in [3.05, 3.63) is 46.8 Å². The van der Waals surface area contributed by atoms with Crippen molar-refractivity contribution >= 4 is 5.69 Å². The summed E-state index contributed by atoms with van der Waals surface area (Å²) in [6.07, 6.45) is 2.94. The molecule has 0 bridgehead atoms. The van der Waals surface area contributed by atoms with Crippen LogP contribution < -0.4 is 0 Å². The lowest BCUT2D eigenvalue weighted by molar-refractivity contribution is -0.384. The average molecular weight is 190 g/mol. The van der Waals surface area contributed by atoms with Gasteiger partial charge in [0.05, 0.1) is 17.3 Å². The van der Waals surface area contributed by atoms with Gasteiger partial charge in [-0.3, -0.25) is 10.1 Å². The highest BCUT2D eigenvalue weighted by molar-refractivity contribution is 5.50. The van der Waals surface area contributed by atoms with E-state index in [1.54, 1.807) is 18.2 Å². The molecule has 1 heterocycles. The predicted molar refractivity (Wildman–Crippen MR) is 48.0 cm³/mol. The maximum absolute atomic E-state index is 10.7. The number of benzene rings is 1. The molecule has 2 rings (SSSR count). The normalized spacial score (nSPS) is 10.0. The first kappa shape index (κ1) is 8.36. The monoisotopic (exact) mass is 190 g/mol. The standard InChI is InChI=1S/C8H6N4O2/c13-12(14)8-4-2-1-3-7(8)11-9-5-6-10-11/h1-6H. The summed E-state index contributed by atoms with van der Waals surface area (Å²) in [7, 11) is 0. The smallest absolute Gasteiger partial charge is 0.258 e. The second kappa shape index (κ2) is 3.25. The number of nitro groups is 1. The fourth-order valence-electron chi connectivity index (χ4n) is 1.13. The number of nitro benzene ring substituents is 1. The van der Waals surface area contributed by atoms with Crippen LogP contribution in [0, 0.1) is 10.1 Å². The largest absolute Gasteiger partial charge is 0.296 e. The molecule has 1 aromatic carbocycles. The molecule has 1 aromatic heterocycles. The van der Waals surface area contributed by atoms with Crippen LogP contribution in [0.1, 0.15) is 0 Å². The van der Waals surface area contributed by atoms with Gasteiger partial charge in [-0.2, -0.15) is 10.2 Å². The second-order valence-corrected chi connectivity index (χ2v) is 2.56. The fraction of sp³-hybridized carbons (Fsp3) is 0. The average Bonchev–Trinajstić information content (AvgIpc) is 2.70. The Labute approximate surface area is 78.9 Å². The molecule has 6 heteroatoms. The van der Waals surface area contributed by atoms with Gasteiger partial charge < -0.3 is 0 Å². The third-order valence-electron chi connectivity index (χ3n) is 1.71. The Hall–Kier alpha value is -2.24. The van der Waals surface area contributed by atoms with Crippen molar-refractivity contribution in [3.63, 3.8) is 0 Å². The number of nitrogens with zero attached hydrogens (tertiary/aromatic N) is 4. The first-order valence-corrected chi connectivity index (χ1v) is 3.89. The summed E-state index contributed by atoms with van der Waals surface area (Å²) < 4.78 is 0. The molecule has 0 aliphatic carbocycles. The molecule has 0 atom stereocenters. The zero-order valence-corrected chi connectivity index (χ0v) is 7.07. The van der Waals surface area contributed by atoms with Crippen LogP contribution in [-0.4, -0.2) is 19.9 Å². The Balaban J connectivity index is 2.58. The van der Waals surface area contributed by atoms with E-state index in [2.05, 4.69) is 10.2 Å². The first-order chi connectivity index (χ1) is 6.79. The molecule has 0 N–H and O–H groups in total. The molecule has 14 heavy (non-hydrogen) atoms. The summed E-state index contributed by atoms with van der Waals surface area (Å²) in [6.45, 7) is 0. The Morgan fingerprint density at radius 1 is 1.21 bits per heavy atom. The van der Waals surface area contributed by atoms with Crippen molar-refractivity contribution in [1.82, 2.24) is 15.0 Å². The highest BCUT2D eigenvalue weighted by Crippen LogP contribution is 2.19. The summed E-state index contributed by atoms with van der Waals surface area (Å²) in [5.74, 6) is 0. The number of hydrogen-bond donors (Lipinski definition) is 0. The van der Waals surface area contributed by atoms with Crippen LogP contribution in [0.3, 0.4) is 0 Å². The van der Waals surface area contributed by atoms with E-state index in [1.165, 1.54) is 23.3 Å². The highest BCUT2D eigenvalue weighted by Gasteiger charge is 2.14. The third-order valence-corrected chi connectivity index (χ3v) is 1.71. The van der Waals surface area contributed by atoms with Crippen LogP contribution in [-0.2, 0) is 0 Å². The Bertz CT molecular complexity index is 452. The van der Waals surface area contributed by atoms with E-state index in [9.17, 15) is 10.1 Å². The molecule has 0 fully saturated rings. The van der Waals surface area contributed by atoms with Gasteiger partial charge in [0.2, 0.25) is 0 Å². The summed E-state index contributed by atoms with van der Waals surface area (Å²) >= 11 is 0. The van der Waals surface area contributed by atoms with Crippen LogP contribution in [0.15, 0.2) is 36.7 Å². The van der Waals surface area contributed by atoms with Crippen molar-refractivity contribution in [2.75, 3.05) is 0 Å². The van der Waals surface area contributed by atoms with Crippen molar-refractivity contribution in [2.24, 2.45) is 0 Å². The maximum atomic E-state index is 10.7.